The van der Waals surface area contributed by atoms with Crippen LogP contribution in [0.2, 0.25) is 10.0 Å². The molecule has 0 spiro atoms. The highest BCUT2D eigenvalue weighted by atomic mass is 35.5. The fraction of sp³-hybridized carbons (Fsp3) is 0.562. The van der Waals surface area contributed by atoms with Crippen molar-refractivity contribution < 1.29 is 9.53 Å². The molecule has 0 aliphatic carbocycles. The summed E-state index contributed by atoms with van der Waals surface area (Å²) in [5.41, 5.74) is 0.620. The third kappa shape index (κ3) is 4.73. The number of benzene rings is 1. The number of rotatable bonds is 3. The molecule has 2 saturated heterocycles. The Morgan fingerprint density at radius 3 is 2.48 bits per heavy atom. The Balaban J connectivity index is 1.47. The van der Waals surface area contributed by atoms with E-state index < -0.39 is 0 Å². The van der Waals surface area contributed by atoms with Crippen molar-refractivity contribution in [1.82, 2.24) is 9.80 Å². The van der Waals surface area contributed by atoms with E-state index in [-0.39, 0.29) is 6.03 Å². The molecule has 2 heterocycles. The first-order valence-corrected chi connectivity index (χ1v) is 8.72. The fourth-order valence-corrected chi connectivity index (χ4v) is 3.56. The molecule has 0 radical (unpaired) electrons. The second kappa shape index (κ2) is 7.71. The number of urea groups is 1. The molecule has 2 amide bonds. The maximum absolute atomic E-state index is 12.3. The number of hydrogen-bond acceptors (Lipinski definition) is 3. The largest absolute Gasteiger partial charge is 0.377 e. The Morgan fingerprint density at radius 2 is 1.87 bits per heavy atom. The lowest BCUT2D eigenvalue weighted by Crippen LogP contribution is -2.51. The zero-order valence-electron chi connectivity index (χ0n) is 12.9. The van der Waals surface area contributed by atoms with Gasteiger partial charge >= 0.3 is 6.03 Å². The van der Waals surface area contributed by atoms with Crippen LogP contribution in [-0.2, 0) is 4.74 Å². The van der Waals surface area contributed by atoms with Gasteiger partial charge in [-0.05, 0) is 31.0 Å². The van der Waals surface area contributed by atoms with E-state index in [1.54, 1.807) is 18.2 Å². The maximum atomic E-state index is 12.3. The lowest BCUT2D eigenvalue weighted by atomic mass is 10.2. The van der Waals surface area contributed by atoms with Crippen molar-refractivity contribution in [3.8, 4) is 0 Å². The summed E-state index contributed by atoms with van der Waals surface area (Å²) in [5.74, 6) is 0. The summed E-state index contributed by atoms with van der Waals surface area (Å²) in [6.45, 7) is 5.04. The Morgan fingerprint density at radius 1 is 1.17 bits per heavy atom. The van der Waals surface area contributed by atoms with E-state index in [2.05, 4.69) is 10.2 Å². The predicted octanol–water partition coefficient (Wildman–Crippen LogP) is 3.32. The van der Waals surface area contributed by atoms with Gasteiger partial charge in [0.2, 0.25) is 0 Å². The smallest absolute Gasteiger partial charge is 0.321 e. The molecule has 0 saturated carbocycles. The van der Waals surface area contributed by atoms with Gasteiger partial charge in [-0.15, -0.1) is 0 Å². The van der Waals surface area contributed by atoms with Crippen LogP contribution < -0.4 is 5.32 Å². The van der Waals surface area contributed by atoms with Crippen LogP contribution in [0.25, 0.3) is 0 Å². The Labute approximate surface area is 146 Å². The van der Waals surface area contributed by atoms with Gasteiger partial charge in [-0.1, -0.05) is 23.2 Å². The van der Waals surface area contributed by atoms with Crippen LogP contribution in [0.1, 0.15) is 12.8 Å². The number of piperazine rings is 1. The van der Waals surface area contributed by atoms with Gasteiger partial charge < -0.3 is 15.0 Å². The highest BCUT2D eigenvalue weighted by Gasteiger charge is 2.24. The standard InChI is InChI=1S/C16H21Cl2N3O2/c17-12-8-13(18)10-14(9-12)19-16(22)21-5-3-20(4-6-21)11-15-2-1-7-23-15/h8-10,15H,1-7,11H2,(H,19,22). The zero-order valence-corrected chi connectivity index (χ0v) is 14.4. The van der Waals surface area contributed by atoms with Crippen molar-refractivity contribution in [1.29, 1.82) is 0 Å². The summed E-state index contributed by atoms with van der Waals surface area (Å²) in [4.78, 5) is 16.5. The van der Waals surface area contributed by atoms with Crippen LogP contribution in [0.15, 0.2) is 18.2 Å². The topological polar surface area (TPSA) is 44.8 Å². The molecular weight excluding hydrogens is 337 g/mol. The molecule has 2 aliphatic rings. The molecule has 2 fully saturated rings. The van der Waals surface area contributed by atoms with Gasteiger partial charge in [0, 0.05) is 55.1 Å². The van der Waals surface area contributed by atoms with Crippen molar-refractivity contribution in [3.05, 3.63) is 28.2 Å². The highest BCUT2D eigenvalue weighted by molar-refractivity contribution is 6.35. The summed E-state index contributed by atoms with van der Waals surface area (Å²) in [7, 11) is 0. The van der Waals surface area contributed by atoms with E-state index in [1.165, 1.54) is 0 Å². The van der Waals surface area contributed by atoms with Crippen molar-refractivity contribution >= 4 is 34.9 Å². The van der Waals surface area contributed by atoms with Crippen LogP contribution in [0.4, 0.5) is 10.5 Å². The number of amides is 2. The number of nitrogens with zero attached hydrogens (tertiary/aromatic N) is 2. The van der Waals surface area contributed by atoms with Gasteiger partial charge in [-0.25, -0.2) is 4.79 Å². The lowest BCUT2D eigenvalue weighted by molar-refractivity contribution is 0.0572. The summed E-state index contributed by atoms with van der Waals surface area (Å²) in [5, 5.41) is 3.87. The van der Waals surface area contributed by atoms with Gasteiger partial charge in [-0.2, -0.15) is 0 Å². The fourth-order valence-electron chi connectivity index (χ4n) is 3.04. The van der Waals surface area contributed by atoms with Gasteiger partial charge in [0.25, 0.3) is 0 Å². The van der Waals surface area contributed by atoms with Crippen molar-refractivity contribution in [2.24, 2.45) is 0 Å². The van der Waals surface area contributed by atoms with Crippen LogP contribution in [0.5, 0.6) is 0 Å². The minimum atomic E-state index is -0.111. The maximum Gasteiger partial charge on any atom is 0.321 e. The monoisotopic (exact) mass is 357 g/mol. The second-order valence-electron chi connectivity index (χ2n) is 6.01. The van der Waals surface area contributed by atoms with Crippen LogP contribution in [0.3, 0.4) is 0 Å². The number of carbonyl (C=O) groups is 1. The quantitative estimate of drug-likeness (QED) is 0.902. The van der Waals surface area contributed by atoms with E-state index in [4.69, 9.17) is 27.9 Å². The van der Waals surface area contributed by atoms with E-state index in [1.807, 2.05) is 4.90 Å². The summed E-state index contributed by atoms with van der Waals surface area (Å²) in [6.07, 6.45) is 2.68. The van der Waals surface area contributed by atoms with Crippen LogP contribution in [-0.4, -0.2) is 61.3 Å². The van der Waals surface area contributed by atoms with E-state index >= 15 is 0 Å². The third-order valence-corrected chi connectivity index (χ3v) is 4.70. The number of carbonyl (C=O) groups excluding carboxylic acids is 1. The van der Waals surface area contributed by atoms with Crippen molar-refractivity contribution in [2.75, 3.05) is 44.6 Å². The summed E-state index contributed by atoms with van der Waals surface area (Å²) < 4.78 is 5.67. The Bertz CT molecular complexity index is 536. The number of hydrogen-bond donors (Lipinski definition) is 1. The molecule has 1 N–H and O–H groups in total. The Hall–Kier alpha value is -1.01. The molecule has 1 atom stereocenters. The first-order chi connectivity index (χ1) is 11.1. The third-order valence-electron chi connectivity index (χ3n) is 4.26. The molecule has 5 nitrogen and oxygen atoms in total. The van der Waals surface area contributed by atoms with E-state index in [0.29, 0.717) is 34.9 Å². The molecule has 23 heavy (non-hydrogen) atoms. The molecule has 0 aromatic heterocycles. The summed E-state index contributed by atoms with van der Waals surface area (Å²) >= 11 is 11.9. The van der Waals surface area contributed by atoms with Crippen LogP contribution in [0, 0.1) is 0 Å². The molecule has 126 valence electrons. The summed E-state index contributed by atoms with van der Waals surface area (Å²) in [6, 6.07) is 4.92. The van der Waals surface area contributed by atoms with Crippen molar-refractivity contribution in [2.45, 2.75) is 18.9 Å². The van der Waals surface area contributed by atoms with Gasteiger partial charge in [-0.3, -0.25) is 4.90 Å². The molecule has 3 rings (SSSR count). The minimum Gasteiger partial charge on any atom is -0.377 e. The second-order valence-corrected chi connectivity index (χ2v) is 6.88. The molecule has 2 aliphatic heterocycles. The average Bonchev–Trinajstić information content (AvgIpc) is 3.00. The van der Waals surface area contributed by atoms with E-state index in [0.717, 1.165) is 39.1 Å². The zero-order chi connectivity index (χ0) is 16.2. The Kier molecular flexibility index (Phi) is 5.64. The normalized spacial score (nSPS) is 22.3. The molecule has 1 aromatic rings. The molecule has 1 aromatic carbocycles. The number of ether oxygens (including phenoxy) is 1. The molecule has 1 unspecified atom stereocenters. The molecule has 7 heteroatoms. The first kappa shape index (κ1) is 16.8. The SMILES string of the molecule is O=C(Nc1cc(Cl)cc(Cl)c1)N1CCN(CC2CCCO2)CC1. The van der Waals surface area contributed by atoms with Crippen LogP contribution >= 0.6 is 23.2 Å². The van der Waals surface area contributed by atoms with E-state index in [9.17, 15) is 4.79 Å². The predicted molar refractivity (Wildman–Crippen MR) is 92.5 cm³/mol. The average molecular weight is 358 g/mol. The first-order valence-electron chi connectivity index (χ1n) is 7.96. The molecule has 0 bridgehead atoms. The van der Waals surface area contributed by atoms with Gasteiger partial charge in [0.05, 0.1) is 6.10 Å². The number of nitrogens with one attached hydrogen (secondary N) is 1. The number of halogens is 2. The number of anilines is 1. The van der Waals surface area contributed by atoms with Gasteiger partial charge in [0.1, 0.15) is 0 Å². The van der Waals surface area contributed by atoms with Crippen molar-refractivity contribution in [3.63, 3.8) is 0 Å². The van der Waals surface area contributed by atoms with Gasteiger partial charge in [0.15, 0.2) is 0 Å². The highest BCUT2D eigenvalue weighted by Crippen LogP contribution is 2.23. The minimum absolute atomic E-state index is 0.111. The lowest BCUT2D eigenvalue weighted by Gasteiger charge is -2.35. The molecular formula is C16H21Cl2N3O2.